The van der Waals surface area contributed by atoms with E-state index in [1.807, 2.05) is 24.3 Å². The molecule has 2 nitrogen and oxygen atoms in total. The van der Waals surface area contributed by atoms with Gasteiger partial charge in [0.1, 0.15) is 12.4 Å². The highest BCUT2D eigenvalue weighted by Crippen LogP contribution is 2.12. The van der Waals surface area contributed by atoms with Gasteiger partial charge in [0.25, 0.3) is 0 Å². The zero-order chi connectivity index (χ0) is 13.2. The summed E-state index contributed by atoms with van der Waals surface area (Å²) in [5.74, 6) is 7.04. The van der Waals surface area contributed by atoms with E-state index in [9.17, 15) is 0 Å². The Labute approximate surface area is 115 Å². The fourth-order valence-corrected chi connectivity index (χ4v) is 1.70. The topological polar surface area (TPSA) is 12.5 Å². The summed E-state index contributed by atoms with van der Waals surface area (Å²) in [6.07, 6.45) is 0. The normalized spacial score (nSPS) is 10.0. The van der Waals surface area contributed by atoms with Crippen molar-refractivity contribution in [1.29, 1.82) is 0 Å². The maximum Gasteiger partial charge on any atom is 0.120 e. The van der Waals surface area contributed by atoms with Gasteiger partial charge in [-0.15, -0.1) is 11.6 Å². The van der Waals surface area contributed by atoms with Gasteiger partial charge in [-0.2, -0.15) is 0 Å². The number of likely N-dealkylation sites (N-methyl/N-ethyl adjacent to an activating group) is 1. The molecule has 0 fully saturated rings. The Balaban J connectivity index is 2.47. The quantitative estimate of drug-likeness (QED) is 0.579. The first-order valence-corrected chi connectivity index (χ1v) is 6.83. The van der Waals surface area contributed by atoms with E-state index in [4.69, 9.17) is 16.3 Å². The molecule has 18 heavy (non-hydrogen) atoms. The van der Waals surface area contributed by atoms with Crippen molar-refractivity contribution in [3.8, 4) is 17.6 Å². The fraction of sp³-hybridized carbons (Fsp3) is 0.467. The van der Waals surface area contributed by atoms with Crippen molar-refractivity contribution < 1.29 is 4.74 Å². The monoisotopic (exact) mass is 265 g/mol. The van der Waals surface area contributed by atoms with E-state index in [0.29, 0.717) is 12.5 Å². The number of rotatable bonds is 6. The lowest BCUT2D eigenvalue weighted by molar-refractivity contribution is 0.223. The van der Waals surface area contributed by atoms with Gasteiger partial charge >= 0.3 is 0 Å². The van der Waals surface area contributed by atoms with Gasteiger partial charge in [0, 0.05) is 12.1 Å². The van der Waals surface area contributed by atoms with E-state index in [2.05, 4.69) is 30.6 Å². The van der Waals surface area contributed by atoms with Crippen LogP contribution in [0.2, 0.25) is 0 Å². The minimum atomic E-state index is 0.354. The molecule has 0 amide bonds. The molecule has 1 rings (SSSR count). The SMILES string of the molecule is CCN(CC)CCOc1cccc(C#CCCl)c1. The Hall–Kier alpha value is -1.17. The molecule has 0 saturated heterocycles. The Bertz CT molecular complexity index is 404. The number of alkyl halides is 1. The van der Waals surface area contributed by atoms with E-state index in [0.717, 1.165) is 30.9 Å². The lowest BCUT2D eigenvalue weighted by Gasteiger charge is -2.18. The molecule has 3 heteroatoms. The average molecular weight is 266 g/mol. The highest BCUT2D eigenvalue weighted by Gasteiger charge is 1.99. The standard InChI is InChI=1S/C15H20ClNO/c1-3-17(4-2)11-12-18-15-9-5-7-14(13-15)8-6-10-16/h5,7,9,13H,3-4,10-12H2,1-2H3. The Kier molecular flexibility index (Phi) is 7.32. The number of halogens is 1. The third kappa shape index (κ3) is 5.44. The Morgan fingerprint density at radius 1 is 1.28 bits per heavy atom. The largest absolute Gasteiger partial charge is 0.492 e. The molecule has 1 aromatic carbocycles. The predicted molar refractivity (Wildman–Crippen MR) is 77.3 cm³/mol. The fourth-order valence-electron chi connectivity index (χ4n) is 1.63. The second-order valence-corrected chi connectivity index (χ2v) is 4.11. The summed E-state index contributed by atoms with van der Waals surface area (Å²) in [4.78, 5) is 2.33. The van der Waals surface area contributed by atoms with Gasteiger partial charge in [-0.25, -0.2) is 0 Å². The van der Waals surface area contributed by atoms with E-state index in [-0.39, 0.29) is 0 Å². The molecular weight excluding hydrogens is 246 g/mol. The van der Waals surface area contributed by atoms with E-state index in [1.54, 1.807) is 0 Å². The van der Waals surface area contributed by atoms with Crippen molar-refractivity contribution in [3.05, 3.63) is 29.8 Å². The van der Waals surface area contributed by atoms with Crippen molar-refractivity contribution in [1.82, 2.24) is 4.90 Å². The van der Waals surface area contributed by atoms with Gasteiger partial charge in [-0.3, -0.25) is 0 Å². The predicted octanol–water partition coefficient (Wildman–Crippen LogP) is 3.00. The molecule has 0 unspecified atom stereocenters. The molecule has 0 radical (unpaired) electrons. The smallest absolute Gasteiger partial charge is 0.120 e. The number of benzene rings is 1. The minimum absolute atomic E-state index is 0.354. The molecule has 98 valence electrons. The van der Waals surface area contributed by atoms with Crippen LogP contribution in [0.4, 0.5) is 0 Å². The maximum atomic E-state index is 5.72. The van der Waals surface area contributed by atoms with Crippen LogP contribution >= 0.6 is 11.6 Å². The second kappa shape index (κ2) is 8.85. The number of hydrogen-bond acceptors (Lipinski definition) is 2. The summed E-state index contributed by atoms with van der Waals surface area (Å²) in [6, 6.07) is 7.80. The van der Waals surface area contributed by atoms with Crippen molar-refractivity contribution in [3.63, 3.8) is 0 Å². The van der Waals surface area contributed by atoms with E-state index < -0.39 is 0 Å². The van der Waals surface area contributed by atoms with Crippen LogP contribution in [0.5, 0.6) is 5.75 Å². The second-order valence-electron chi connectivity index (χ2n) is 3.84. The Morgan fingerprint density at radius 2 is 2.06 bits per heavy atom. The molecule has 0 spiro atoms. The molecule has 0 atom stereocenters. The molecule has 0 aliphatic rings. The third-order valence-corrected chi connectivity index (χ3v) is 2.84. The zero-order valence-corrected chi connectivity index (χ0v) is 11.8. The van der Waals surface area contributed by atoms with E-state index in [1.165, 1.54) is 0 Å². The van der Waals surface area contributed by atoms with Gasteiger partial charge < -0.3 is 9.64 Å². The van der Waals surface area contributed by atoms with Crippen LogP contribution in [0.15, 0.2) is 24.3 Å². The highest BCUT2D eigenvalue weighted by molar-refractivity contribution is 6.19. The lowest BCUT2D eigenvalue weighted by atomic mass is 10.2. The highest BCUT2D eigenvalue weighted by atomic mass is 35.5. The summed E-state index contributed by atoms with van der Waals surface area (Å²) in [6.45, 7) is 8.08. The summed E-state index contributed by atoms with van der Waals surface area (Å²) < 4.78 is 5.72. The molecule has 1 aromatic rings. The van der Waals surface area contributed by atoms with Crippen LogP contribution in [-0.2, 0) is 0 Å². The van der Waals surface area contributed by atoms with Gasteiger partial charge in [-0.1, -0.05) is 31.8 Å². The lowest BCUT2D eigenvalue weighted by Crippen LogP contribution is -2.27. The van der Waals surface area contributed by atoms with Gasteiger partial charge in [-0.05, 0) is 31.3 Å². The van der Waals surface area contributed by atoms with Crippen LogP contribution in [0.1, 0.15) is 19.4 Å². The summed E-state index contributed by atoms with van der Waals surface area (Å²) in [7, 11) is 0. The maximum absolute atomic E-state index is 5.72. The summed E-state index contributed by atoms with van der Waals surface area (Å²) in [5.41, 5.74) is 0.941. The summed E-state index contributed by atoms with van der Waals surface area (Å²) in [5, 5.41) is 0. The molecule has 0 heterocycles. The number of nitrogens with zero attached hydrogens (tertiary/aromatic N) is 1. The van der Waals surface area contributed by atoms with Gasteiger partial charge in [0.05, 0.1) is 5.88 Å². The van der Waals surface area contributed by atoms with E-state index >= 15 is 0 Å². The van der Waals surface area contributed by atoms with Crippen LogP contribution in [-0.4, -0.2) is 37.0 Å². The van der Waals surface area contributed by atoms with Crippen LogP contribution < -0.4 is 4.74 Å². The molecule has 0 aliphatic heterocycles. The summed E-state index contributed by atoms with van der Waals surface area (Å²) >= 11 is 5.53. The molecule has 0 aliphatic carbocycles. The first-order chi connectivity index (χ1) is 8.80. The molecule has 0 saturated carbocycles. The third-order valence-electron chi connectivity index (χ3n) is 2.70. The van der Waals surface area contributed by atoms with Crippen molar-refractivity contribution in [2.24, 2.45) is 0 Å². The average Bonchev–Trinajstić information content (AvgIpc) is 2.42. The van der Waals surface area contributed by atoms with Crippen molar-refractivity contribution in [2.75, 3.05) is 32.1 Å². The first-order valence-electron chi connectivity index (χ1n) is 6.30. The van der Waals surface area contributed by atoms with Crippen molar-refractivity contribution in [2.45, 2.75) is 13.8 Å². The molecule has 0 bridgehead atoms. The molecule has 0 N–H and O–H groups in total. The van der Waals surface area contributed by atoms with Gasteiger partial charge in [0.2, 0.25) is 0 Å². The van der Waals surface area contributed by atoms with Crippen LogP contribution in [0.3, 0.4) is 0 Å². The number of ether oxygens (including phenoxy) is 1. The Morgan fingerprint density at radius 3 is 2.72 bits per heavy atom. The first kappa shape index (κ1) is 14.9. The van der Waals surface area contributed by atoms with Crippen LogP contribution in [0, 0.1) is 11.8 Å². The van der Waals surface area contributed by atoms with Crippen molar-refractivity contribution >= 4 is 11.6 Å². The molecule has 0 aromatic heterocycles. The van der Waals surface area contributed by atoms with Crippen LogP contribution in [0.25, 0.3) is 0 Å². The number of hydrogen-bond donors (Lipinski definition) is 0. The zero-order valence-electron chi connectivity index (χ0n) is 11.1. The molecular formula is C15H20ClNO. The van der Waals surface area contributed by atoms with Gasteiger partial charge in [0.15, 0.2) is 0 Å². The minimum Gasteiger partial charge on any atom is -0.492 e.